The zero-order valence-corrected chi connectivity index (χ0v) is 12.6. The van der Waals surface area contributed by atoms with Gasteiger partial charge in [0.2, 0.25) is 0 Å². The lowest BCUT2D eigenvalue weighted by molar-refractivity contribution is -0.128. The van der Waals surface area contributed by atoms with Crippen molar-refractivity contribution < 1.29 is 9.53 Å². The molecular formula is C17H18ClNO2. The van der Waals surface area contributed by atoms with E-state index in [2.05, 4.69) is 5.32 Å². The van der Waals surface area contributed by atoms with Gasteiger partial charge in [0.1, 0.15) is 5.75 Å². The number of halogens is 1. The van der Waals surface area contributed by atoms with Crippen LogP contribution in [0.3, 0.4) is 0 Å². The Bertz CT molecular complexity index is 586. The van der Waals surface area contributed by atoms with Gasteiger partial charge in [0.25, 0.3) is 5.91 Å². The highest BCUT2D eigenvalue weighted by Gasteiger charge is 2.18. The molecule has 0 bridgehead atoms. The number of hydrogen-bond acceptors (Lipinski definition) is 2. The minimum atomic E-state index is -0.521. The third-order valence-electron chi connectivity index (χ3n) is 3.05. The summed E-state index contributed by atoms with van der Waals surface area (Å²) < 4.78 is 5.70. The Morgan fingerprint density at radius 1 is 1.19 bits per heavy atom. The van der Waals surface area contributed by atoms with E-state index in [9.17, 15) is 4.79 Å². The lowest BCUT2D eigenvalue weighted by Gasteiger charge is -2.17. The summed E-state index contributed by atoms with van der Waals surface area (Å²) in [6.45, 7) is 2.41. The van der Waals surface area contributed by atoms with E-state index in [0.29, 0.717) is 23.7 Å². The van der Waals surface area contributed by atoms with Gasteiger partial charge in [-0.25, -0.2) is 0 Å². The molecule has 0 saturated carbocycles. The normalized spacial score (nSPS) is 11.7. The molecule has 110 valence electrons. The second-order valence-electron chi connectivity index (χ2n) is 4.68. The average Bonchev–Trinajstić information content (AvgIpc) is 2.51. The van der Waals surface area contributed by atoms with Crippen molar-refractivity contribution in [3.63, 3.8) is 0 Å². The van der Waals surface area contributed by atoms with Crippen LogP contribution in [-0.4, -0.2) is 12.0 Å². The number of benzene rings is 2. The molecule has 1 N–H and O–H groups in total. The van der Waals surface area contributed by atoms with Crippen LogP contribution in [0.4, 0.5) is 0 Å². The van der Waals surface area contributed by atoms with Crippen LogP contribution in [0.2, 0.25) is 5.02 Å². The van der Waals surface area contributed by atoms with E-state index in [1.54, 1.807) is 24.3 Å². The Hall–Kier alpha value is -2.00. The summed E-state index contributed by atoms with van der Waals surface area (Å²) in [5.41, 5.74) is 1.06. The molecule has 0 spiro atoms. The highest BCUT2D eigenvalue weighted by Crippen LogP contribution is 2.19. The fourth-order valence-corrected chi connectivity index (χ4v) is 2.11. The Morgan fingerprint density at radius 3 is 2.62 bits per heavy atom. The number of amides is 1. The van der Waals surface area contributed by atoms with E-state index in [0.717, 1.165) is 5.56 Å². The standard InChI is InChI=1S/C17H18ClNO2/c1-2-16(21-15-10-6-9-14(18)11-15)17(20)19-12-13-7-4-3-5-8-13/h3-11,16H,2,12H2,1H3,(H,19,20)/t16-/m0/s1. The monoisotopic (exact) mass is 303 g/mol. The Balaban J connectivity index is 1.92. The fraction of sp³-hybridized carbons (Fsp3) is 0.235. The molecule has 4 heteroatoms. The molecule has 0 aliphatic heterocycles. The molecule has 2 aromatic carbocycles. The number of rotatable bonds is 6. The predicted octanol–water partition coefficient (Wildman–Crippen LogP) is 3.81. The molecule has 0 aromatic heterocycles. The average molecular weight is 304 g/mol. The van der Waals surface area contributed by atoms with E-state index < -0.39 is 6.10 Å². The van der Waals surface area contributed by atoms with Crippen LogP contribution in [0.5, 0.6) is 5.75 Å². The molecule has 21 heavy (non-hydrogen) atoms. The third-order valence-corrected chi connectivity index (χ3v) is 3.28. The van der Waals surface area contributed by atoms with Gasteiger partial charge in [0.15, 0.2) is 6.10 Å². The van der Waals surface area contributed by atoms with Crippen LogP contribution in [0.1, 0.15) is 18.9 Å². The maximum Gasteiger partial charge on any atom is 0.261 e. The van der Waals surface area contributed by atoms with Crippen molar-refractivity contribution in [1.29, 1.82) is 0 Å². The summed E-state index contributed by atoms with van der Waals surface area (Å²) in [5, 5.41) is 3.48. The van der Waals surface area contributed by atoms with Crippen LogP contribution < -0.4 is 10.1 Å². The Kier molecular flexibility index (Phi) is 5.64. The zero-order valence-electron chi connectivity index (χ0n) is 11.9. The molecular weight excluding hydrogens is 286 g/mol. The van der Waals surface area contributed by atoms with Crippen LogP contribution in [0, 0.1) is 0 Å². The topological polar surface area (TPSA) is 38.3 Å². The van der Waals surface area contributed by atoms with Crippen molar-refractivity contribution in [1.82, 2.24) is 5.32 Å². The number of ether oxygens (including phenoxy) is 1. The summed E-state index contributed by atoms with van der Waals surface area (Å²) in [6, 6.07) is 16.8. The first-order valence-electron chi connectivity index (χ1n) is 6.93. The van der Waals surface area contributed by atoms with Crippen molar-refractivity contribution in [2.75, 3.05) is 0 Å². The van der Waals surface area contributed by atoms with Crippen molar-refractivity contribution >= 4 is 17.5 Å². The third kappa shape index (κ3) is 4.80. The minimum absolute atomic E-state index is 0.124. The number of carbonyl (C=O) groups is 1. The molecule has 0 aliphatic rings. The Labute approximate surface area is 129 Å². The van der Waals surface area contributed by atoms with E-state index >= 15 is 0 Å². The van der Waals surface area contributed by atoms with Crippen LogP contribution in [0.15, 0.2) is 54.6 Å². The number of hydrogen-bond donors (Lipinski definition) is 1. The van der Waals surface area contributed by atoms with Crippen molar-refractivity contribution in [3.05, 3.63) is 65.2 Å². The number of carbonyl (C=O) groups excluding carboxylic acids is 1. The molecule has 0 aliphatic carbocycles. The van der Waals surface area contributed by atoms with Crippen molar-refractivity contribution in [3.8, 4) is 5.75 Å². The SMILES string of the molecule is CC[C@H](Oc1cccc(Cl)c1)C(=O)NCc1ccccc1. The lowest BCUT2D eigenvalue weighted by Crippen LogP contribution is -2.37. The van der Waals surface area contributed by atoms with Gasteiger partial charge >= 0.3 is 0 Å². The second-order valence-corrected chi connectivity index (χ2v) is 5.11. The summed E-state index contributed by atoms with van der Waals surface area (Å²) in [6.07, 6.45) is 0.0693. The van der Waals surface area contributed by atoms with Gasteiger partial charge in [-0.3, -0.25) is 4.79 Å². The summed E-state index contributed by atoms with van der Waals surface area (Å²) in [4.78, 5) is 12.2. The summed E-state index contributed by atoms with van der Waals surface area (Å²) in [7, 11) is 0. The molecule has 1 amide bonds. The quantitative estimate of drug-likeness (QED) is 0.881. The summed E-state index contributed by atoms with van der Waals surface area (Å²) in [5.74, 6) is 0.477. The van der Waals surface area contributed by atoms with E-state index in [4.69, 9.17) is 16.3 Å². The molecule has 1 atom stereocenters. The highest BCUT2D eigenvalue weighted by atomic mass is 35.5. The molecule has 3 nitrogen and oxygen atoms in total. The fourth-order valence-electron chi connectivity index (χ4n) is 1.93. The molecule has 2 aromatic rings. The lowest BCUT2D eigenvalue weighted by atomic mass is 10.2. The maximum atomic E-state index is 12.2. The summed E-state index contributed by atoms with van der Waals surface area (Å²) >= 11 is 5.91. The first-order chi connectivity index (χ1) is 10.2. The van der Waals surface area contributed by atoms with Gasteiger partial charge in [-0.15, -0.1) is 0 Å². The Morgan fingerprint density at radius 2 is 1.95 bits per heavy atom. The van der Waals surface area contributed by atoms with Gasteiger partial charge in [-0.2, -0.15) is 0 Å². The second kappa shape index (κ2) is 7.70. The number of nitrogens with one attached hydrogen (secondary N) is 1. The first-order valence-corrected chi connectivity index (χ1v) is 7.30. The highest BCUT2D eigenvalue weighted by molar-refractivity contribution is 6.30. The van der Waals surface area contributed by atoms with E-state index in [1.165, 1.54) is 0 Å². The minimum Gasteiger partial charge on any atom is -0.481 e. The van der Waals surface area contributed by atoms with Gasteiger partial charge in [-0.05, 0) is 30.2 Å². The largest absolute Gasteiger partial charge is 0.481 e. The van der Waals surface area contributed by atoms with Crippen LogP contribution >= 0.6 is 11.6 Å². The van der Waals surface area contributed by atoms with Crippen LogP contribution in [0.25, 0.3) is 0 Å². The zero-order chi connectivity index (χ0) is 15.1. The van der Waals surface area contributed by atoms with Gasteiger partial charge in [-0.1, -0.05) is 54.9 Å². The van der Waals surface area contributed by atoms with Gasteiger partial charge in [0, 0.05) is 11.6 Å². The van der Waals surface area contributed by atoms with Crippen LogP contribution in [-0.2, 0) is 11.3 Å². The van der Waals surface area contributed by atoms with E-state index in [-0.39, 0.29) is 5.91 Å². The maximum absolute atomic E-state index is 12.2. The molecule has 0 radical (unpaired) electrons. The molecule has 2 rings (SSSR count). The van der Waals surface area contributed by atoms with E-state index in [1.807, 2.05) is 37.3 Å². The van der Waals surface area contributed by atoms with Crippen molar-refractivity contribution in [2.45, 2.75) is 26.0 Å². The predicted molar refractivity (Wildman–Crippen MR) is 84.4 cm³/mol. The molecule has 0 heterocycles. The van der Waals surface area contributed by atoms with Gasteiger partial charge in [0.05, 0.1) is 0 Å². The molecule has 0 saturated heterocycles. The first kappa shape index (κ1) is 15.4. The molecule has 0 unspecified atom stereocenters. The van der Waals surface area contributed by atoms with Gasteiger partial charge < -0.3 is 10.1 Å². The smallest absolute Gasteiger partial charge is 0.261 e. The molecule has 0 fully saturated rings. The van der Waals surface area contributed by atoms with Crippen molar-refractivity contribution in [2.24, 2.45) is 0 Å².